The molecule has 0 aromatic heterocycles. The van der Waals surface area contributed by atoms with Gasteiger partial charge in [0.25, 0.3) is 0 Å². The van der Waals surface area contributed by atoms with Crippen LogP contribution in [0.15, 0.2) is 17.3 Å². The molecule has 1 aliphatic rings. The maximum atomic E-state index is 4.12. The first-order valence-electron chi connectivity index (χ1n) is 2.88. The van der Waals surface area contributed by atoms with E-state index in [1.165, 1.54) is 0 Å². The normalized spacial score (nSPS) is 22.0. The van der Waals surface area contributed by atoms with Gasteiger partial charge >= 0.3 is 0 Å². The Balaban J connectivity index is 2.60. The van der Waals surface area contributed by atoms with E-state index in [2.05, 4.69) is 23.7 Å². The van der Waals surface area contributed by atoms with E-state index >= 15 is 0 Å². The minimum absolute atomic E-state index is 0.725. The summed E-state index contributed by atoms with van der Waals surface area (Å²) in [5, 5.41) is 0. The maximum Gasteiger partial charge on any atom is 0.107 e. The first-order valence-corrected chi connectivity index (χ1v) is 3.51. The van der Waals surface area contributed by atoms with Crippen molar-refractivity contribution in [2.45, 2.75) is 6.42 Å². The van der Waals surface area contributed by atoms with Crippen molar-refractivity contribution in [2.24, 2.45) is 4.99 Å². The Labute approximate surface area is 60.7 Å². The predicted molar refractivity (Wildman–Crippen MR) is 42.8 cm³/mol. The standard InChI is InChI=1S/C6H10N2S/c1-7-6-3-2-4-8(6)5-9/h2,4,9H,3,5H2,1H3. The fourth-order valence-corrected chi connectivity index (χ4v) is 1.09. The van der Waals surface area contributed by atoms with Crippen molar-refractivity contribution >= 4 is 18.5 Å². The first-order chi connectivity index (χ1) is 4.38. The van der Waals surface area contributed by atoms with Crippen LogP contribution in [-0.4, -0.2) is 23.7 Å². The van der Waals surface area contributed by atoms with Crippen molar-refractivity contribution < 1.29 is 0 Å². The zero-order valence-electron chi connectivity index (χ0n) is 5.41. The van der Waals surface area contributed by atoms with Crippen LogP contribution in [0.2, 0.25) is 0 Å². The molecular formula is C6H10N2S. The number of amidine groups is 1. The van der Waals surface area contributed by atoms with Gasteiger partial charge in [-0.1, -0.05) is 6.08 Å². The minimum atomic E-state index is 0.725. The molecule has 0 aromatic carbocycles. The number of rotatable bonds is 1. The van der Waals surface area contributed by atoms with Crippen molar-refractivity contribution in [3.63, 3.8) is 0 Å². The molecule has 0 N–H and O–H groups in total. The molecule has 1 heterocycles. The molecule has 0 aromatic rings. The Hall–Kier alpha value is -0.440. The number of hydrogen-bond donors (Lipinski definition) is 1. The zero-order valence-corrected chi connectivity index (χ0v) is 6.30. The second-order valence-electron chi connectivity index (χ2n) is 1.84. The minimum Gasteiger partial charge on any atom is -0.327 e. The highest BCUT2D eigenvalue weighted by Crippen LogP contribution is 2.07. The van der Waals surface area contributed by atoms with Crippen molar-refractivity contribution in [1.82, 2.24) is 4.90 Å². The quantitative estimate of drug-likeness (QED) is 0.542. The summed E-state index contributed by atoms with van der Waals surface area (Å²) in [4.78, 5) is 6.09. The molecule has 1 aliphatic heterocycles. The molecule has 1 rings (SSSR count). The van der Waals surface area contributed by atoms with E-state index in [-0.39, 0.29) is 0 Å². The average molecular weight is 142 g/mol. The van der Waals surface area contributed by atoms with Gasteiger partial charge in [0.05, 0.1) is 5.88 Å². The molecule has 0 unspecified atom stereocenters. The summed E-state index contributed by atoms with van der Waals surface area (Å²) in [6.45, 7) is 0. The molecule has 0 atom stereocenters. The highest BCUT2D eigenvalue weighted by Gasteiger charge is 2.08. The third kappa shape index (κ3) is 1.27. The Morgan fingerprint density at radius 2 is 2.67 bits per heavy atom. The van der Waals surface area contributed by atoms with E-state index in [1.807, 2.05) is 11.1 Å². The number of thiol groups is 1. The van der Waals surface area contributed by atoms with Gasteiger partial charge in [0.1, 0.15) is 5.84 Å². The van der Waals surface area contributed by atoms with Gasteiger partial charge in [-0.05, 0) is 0 Å². The zero-order chi connectivity index (χ0) is 6.69. The molecule has 0 aliphatic carbocycles. The van der Waals surface area contributed by atoms with Gasteiger partial charge in [0, 0.05) is 19.7 Å². The number of aliphatic imine (C=N–C) groups is 1. The molecule has 0 amide bonds. The third-order valence-corrected chi connectivity index (χ3v) is 1.63. The monoisotopic (exact) mass is 142 g/mol. The summed E-state index contributed by atoms with van der Waals surface area (Å²) in [5.74, 6) is 1.83. The van der Waals surface area contributed by atoms with Gasteiger partial charge in [-0.3, -0.25) is 4.99 Å². The Morgan fingerprint density at radius 1 is 1.89 bits per heavy atom. The van der Waals surface area contributed by atoms with Crippen LogP contribution < -0.4 is 0 Å². The Bertz CT molecular complexity index is 151. The highest BCUT2D eigenvalue weighted by molar-refractivity contribution is 7.80. The summed E-state index contributed by atoms with van der Waals surface area (Å²) in [6, 6.07) is 0. The van der Waals surface area contributed by atoms with E-state index in [1.54, 1.807) is 7.05 Å². The van der Waals surface area contributed by atoms with Crippen molar-refractivity contribution in [3.8, 4) is 0 Å². The summed E-state index contributed by atoms with van der Waals surface area (Å²) in [6.07, 6.45) is 5.05. The summed E-state index contributed by atoms with van der Waals surface area (Å²) < 4.78 is 0. The van der Waals surface area contributed by atoms with Crippen LogP contribution in [0, 0.1) is 0 Å². The van der Waals surface area contributed by atoms with Gasteiger partial charge in [0.2, 0.25) is 0 Å². The molecule has 0 bridgehead atoms. The van der Waals surface area contributed by atoms with Crippen LogP contribution in [0.1, 0.15) is 6.42 Å². The molecule has 0 fully saturated rings. The van der Waals surface area contributed by atoms with Gasteiger partial charge in [-0.15, -0.1) is 0 Å². The summed E-state index contributed by atoms with van der Waals surface area (Å²) in [5.41, 5.74) is 0. The largest absolute Gasteiger partial charge is 0.327 e. The second-order valence-corrected chi connectivity index (χ2v) is 2.12. The summed E-state index contributed by atoms with van der Waals surface area (Å²) >= 11 is 4.12. The average Bonchev–Trinajstić information content (AvgIpc) is 2.33. The molecule has 50 valence electrons. The van der Waals surface area contributed by atoms with Crippen LogP contribution in [0.4, 0.5) is 0 Å². The molecule has 0 saturated heterocycles. The topological polar surface area (TPSA) is 15.6 Å². The van der Waals surface area contributed by atoms with Crippen LogP contribution in [-0.2, 0) is 0 Å². The Kier molecular flexibility index (Phi) is 2.16. The molecule has 2 nitrogen and oxygen atoms in total. The maximum absolute atomic E-state index is 4.12. The van der Waals surface area contributed by atoms with Crippen LogP contribution in [0.25, 0.3) is 0 Å². The molecule has 0 saturated carbocycles. The molecular weight excluding hydrogens is 132 g/mol. The van der Waals surface area contributed by atoms with Crippen LogP contribution in [0.3, 0.4) is 0 Å². The van der Waals surface area contributed by atoms with Gasteiger partial charge in [-0.2, -0.15) is 12.6 Å². The van der Waals surface area contributed by atoms with E-state index in [0.717, 1.165) is 18.1 Å². The van der Waals surface area contributed by atoms with Crippen LogP contribution in [0.5, 0.6) is 0 Å². The fourth-order valence-electron chi connectivity index (χ4n) is 0.837. The highest BCUT2D eigenvalue weighted by atomic mass is 32.1. The SMILES string of the molecule is CN=C1CC=CN1CS. The number of hydrogen-bond acceptors (Lipinski definition) is 2. The molecule has 3 heteroatoms. The molecule has 0 spiro atoms. The van der Waals surface area contributed by atoms with Crippen LogP contribution >= 0.6 is 12.6 Å². The van der Waals surface area contributed by atoms with E-state index in [4.69, 9.17) is 0 Å². The van der Waals surface area contributed by atoms with Crippen molar-refractivity contribution in [3.05, 3.63) is 12.3 Å². The van der Waals surface area contributed by atoms with E-state index in [9.17, 15) is 0 Å². The van der Waals surface area contributed by atoms with Gasteiger partial charge in [0.15, 0.2) is 0 Å². The smallest absolute Gasteiger partial charge is 0.107 e. The van der Waals surface area contributed by atoms with Gasteiger partial charge in [-0.25, -0.2) is 0 Å². The van der Waals surface area contributed by atoms with Crippen molar-refractivity contribution in [1.29, 1.82) is 0 Å². The van der Waals surface area contributed by atoms with Crippen molar-refractivity contribution in [2.75, 3.05) is 12.9 Å². The third-order valence-electron chi connectivity index (χ3n) is 1.33. The van der Waals surface area contributed by atoms with E-state index in [0.29, 0.717) is 0 Å². The summed E-state index contributed by atoms with van der Waals surface area (Å²) in [7, 11) is 1.80. The lowest BCUT2D eigenvalue weighted by Crippen LogP contribution is -2.19. The fraction of sp³-hybridized carbons (Fsp3) is 0.500. The van der Waals surface area contributed by atoms with E-state index < -0.39 is 0 Å². The lowest BCUT2D eigenvalue weighted by Gasteiger charge is -2.11. The molecule has 0 radical (unpaired) electrons. The lowest BCUT2D eigenvalue weighted by molar-refractivity contribution is 0.673. The first kappa shape index (κ1) is 6.68. The predicted octanol–water partition coefficient (Wildman–Crippen LogP) is 1.12. The molecule has 9 heavy (non-hydrogen) atoms. The Morgan fingerprint density at radius 3 is 3.11 bits per heavy atom. The second kappa shape index (κ2) is 2.92. The van der Waals surface area contributed by atoms with Gasteiger partial charge < -0.3 is 4.90 Å². The lowest BCUT2D eigenvalue weighted by atomic mass is 10.4. The number of nitrogens with zero attached hydrogens (tertiary/aromatic N) is 2.